The Balaban J connectivity index is 1.53. The summed E-state index contributed by atoms with van der Waals surface area (Å²) in [7, 11) is 0. The number of aromatic amines is 1. The summed E-state index contributed by atoms with van der Waals surface area (Å²) in [5, 5.41) is 10.7. The molecular weight excluding hydrogens is 362 g/mol. The average Bonchev–Trinajstić information content (AvgIpc) is 2.97. The number of hydrogen-bond donors (Lipinski definition) is 2. The summed E-state index contributed by atoms with van der Waals surface area (Å²) in [5.41, 5.74) is 1.32. The number of benzene rings is 2. The van der Waals surface area contributed by atoms with Crippen LogP contribution in [0.25, 0.3) is 10.9 Å². The van der Waals surface area contributed by atoms with Crippen LogP contribution in [0.2, 0.25) is 0 Å². The zero-order chi connectivity index (χ0) is 15.4. The van der Waals surface area contributed by atoms with Crippen molar-refractivity contribution in [1.82, 2.24) is 15.5 Å². The number of nitrogens with one attached hydrogen (secondary N) is 2. The number of fused-ring (bicyclic) bond motifs is 1. The third kappa shape index (κ3) is 3.51. The fraction of sp³-hybridized carbons (Fsp3) is 0.125. The van der Waals surface area contributed by atoms with E-state index in [1.54, 1.807) is 11.8 Å². The second kappa shape index (κ2) is 6.98. The average molecular weight is 376 g/mol. The summed E-state index contributed by atoms with van der Waals surface area (Å²) in [4.78, 5) is 13.3. The van der Waals surface area contributed by atoms with Gasteiger partial charge in [0.15, 0.2) is 5.69 Å². The fourth-order valence-corrected chi connectivity index (χ4v) is 3.12. The predicted molar refractivity (Wildman–Crippen MR) is 93.3 cm³/mol. The van der Waals surface area contributed by atoms with Crippen LogP contribution in [0.3, 0.4) is 0 Å². The van der Waals surface area contributed by atoms with Crippen LogP contribution in [0.1, 0.15) is 10.5 Å². The molecule has 3 aromatic rings. The van der Waals surface area contributed by atoms with Crippen molar-refractivity contribution < 1.29 is 4.79 Å². The molecule has 22 heavy (non-hydrogen) atoms. The van der Waals surface area contributed by atoms with Gasteiger partial charge in [-0.15, -0.1) is 11.8 Å². The number of H-pyrrole nitrogens is 1. The van der Waals surface area contributed by atoms with Crippen LogP contribution >= 0.6 is 27.7 Å². The van der Waals surface area contributed by atoms with Gasteiger partial charge in [-0.3, -0.25) is 9.89 Å². The molecule has 1 aromatic heterocycles. The van der Waals surface area contributed by atoms with Gasteiger partial charge < -0.3 is 5.32 Å². The molecule has 6 heteroatoms. The fourth-order valence-electron chi connectivity index (χ4n) is 2.08. The Hall–Kier alpha value is -1.79. The normalized spacial score (nSPS) is 10.8. The Labute approximate surface area is 140 Å². The molecule has 0 spiro atoms. The number of para-hydroxylation sites is 1. The van der Waals surface area contributed by atoms with E-state index >= 15 is 0 Å². The smallest absolute Gasteiger partial charge is 0.272 e. The van der Waals surface area contributed by atoms with Gasteiger partial charge in [0.25, 0.3) is 5.91 Å². The van der Waals surface area contributed by atoms with Crippen LogP contribution in [-0.2, 0) is 0 Å². The molecule has 0 saturated carbocycles. The molecule has 112 valence electrons. The van der Waals surface area contributed by atoms with Crippen molar-refractivity contribution in [3.05, 3.63) is 58.7 Å². The van der Waals surface area contributed by atoms with E-state index in [4.69, 9.17) is 0 Å². The molecule has 2 aromatic carbocycles. The van der Waals surface area contributed by atoms with Crippen molar-refractivity contribution in [3.8, 4) is 0 Å². The van der Waals surface area contributed by atoms with Crippen molar-refractivity contribution >= 4 is 44.5 Å². The first kappa shape index (κ1) is 15.1. The second-order valence-corrected chi connectivity index (χ2v) is 6.76. The summed E-state index contributed by atoms with van der Waals surface area (Å²) >= 11 is 5.12. The van der Waals surface area contributed by atoms with E-state index in [-0.39, 0.29) is 5.91 Å². The quantitative estimate of drug-likeness (QED) is 0.525. The maximum Gasteiger partial charge on any atom is 0.272 e. The molecule has 0 unspecified atom stereocenters. The van der Waals surface area contributed by atoms with E-state index < -0.39 is 0 Å². The Morgan fingerprint density at radius 1 is 1.18 bits per heavy atom. The van der Waals surface area contributed by atoms with Gasteiger partial charge in [-0.25, -0.2) is 0 Å². The number of rotatable bonds is 5. The van der Waals surface area contributed by atoms with Crippen molar-refractivity contribution in [2.45, 2.75) is 4.90 Å². The van der Waals surface area contributed by atoms with E-state index in [0.717, 1.165) is 21.1 Å². The Morgan fingerprint density at radius 2 is 1.95 bits per heavy atom. The first-order valence-electron chi connectivity index (χ1n) is 6.84. The van der Waals surface area contributed by atoms with Gasteiger partial charge >= 0.3 is 0 Å². The molecule has 0 saturated heterocycles. The highest BCUT2D eigenvalue weighted by atomic mass is 79.9. The summed E-state index contributed by atoms with van der Waals surface area (Å²) in [6.07, 6.45) is 0. The van der Waals surface area contributed by atoms with Crippen LogP contribution in [0, 0.1) is 0 Å². The number of carbonyl (C=O) groups excluding carboxylic acids is 1. The van der Waals surface area contributed by atoms with Crippen LogP contribution < -0.4 is 5.32 Å². The zero-order valence-electron chi connectivity index (χ0n) is 11.7. The minimum absolute atomic E-state index is 0.145. The molecule has 0 atom stereocenters. The van der Waals surface area contributed by atoms with E-state index in [1.165, 1.54) is 4.90 Å². The van der Waals surface area contributed by atoms with Gasteiger partial charge in [0, 0.05) is 27.1 Å². The molecule has 1 heterocycles. The van der Waals surface area contributed by atoms with Crippen LogP contribution in [0.5, 0.6) is 0 Å². The molecular formula is C16H14BrN3OS. The molecule has 3 rings (SSSR count). The third-order valence-corrected chi connectivity index (χ3v) is 4.70. The zero-order valence-corrected chi connectivity index (χ0v) is 14.1. The first-order chi connectivity index (χ1) is 10.7. The van der Waals surface area contributed by atoms with Gasteiger partial charge in [0.2, 0.25) is 0 Å². The van der Waals surface area contributed by atoms with Gasteiger partial charge in [0.05, 0.1) is 5.52 Å². The highest BCUT2D eigenvalue weighted by Gasteiger charge is 2.12. The van der Waals surface area contributed by atoms with E-state index in [9.17, 15) is 4.79 Å². The van der Waals surface area contributed by atoms with Crippen molar-refractivity contribution in [2.75, 3.05) is 12.3 Å². The highest BCUT2D eigenvalue weighted by molar-refractivity contribution is 9.10. The minimum Gasteiger partial charge on any atom is -0.350 e. The number of hydrogen-bond acceptors (Lipinski definition) is 3. The van der Waals surface area contributed by atoms with Gasteiger partial charge in [0.1, 0.15) is 0 Å². The minimum atomic E-state index is -0.145. The molecule has 4 nitrogen and oxygen atoms in total. The van der Waals surface area contributed by atoms with Crippen molar-refractivity contribution in [1.29, 1.82) is 0 Å². The van der Waals surface area contributed by atoms with E-state index in [1.807, 2.05) is 36.4 Å². The molecule has 0 aliphatic carbocycles. The molecule has 0 aliphatic heterocycles. The maximum absolute atomic E-state index is 12.2. The van der Waals surface area contributed by atoms with Gasteiger partial charge in [-0.1, -0.05) is 34.1 Å². The second-order valence-electron chi connectivity index (χ2n) is 4.68. The lowest BCUT2D eigenvalue weighted by atomic mass is 10.2. The number of aromatic nitrogens is 2. The monoisotopic (exact) mass is 375 g/mol. The third-order valence-electron chi connectivity index (χ3n) is 3.16. The number of carbonyl (C=O) groups is 1. The van der Waals surface area contributed by atoms with Gasteiger partial charge in [-0.05, 0) is 30.3 Å². The molecule has 0 bridgehead atoms. The highest BCUT2D eigenvalue weighted by Crippen LogP contribution is 2.20. The molecule has 2 N–H and O–H groups in total. The Bertz CT molecular complexity index is 785. The standard InChI is InChI=1S/C16H14BrN3OS/c17-11-5-7-12(8-6-11)22-10-9-18-16(21)15-13-3-1-2-4-14(13)19-20-15/h1-8H,9-10H2,(H,18,21)(H,19,20). The van der Waals surface area contributed by atoms with Crippen LogP contribution in [0.4, 0.5) is 0 Å². The van der Waals surface area contributed by atoms with Gasteiger partial charge in [-0.2, -0.15) is 5.10 Å². The predicted octanol–water partition coefficient (Wildman–Crippen LogP) is 3.85. The summed E-state index contributed by atoms with van der Waals surface area (Å²) in [5.74, 6) is 0.671. The SMILES string of the molecule is O=C(NCCSc1ccc(Br)cc1)c1n[nH]c2ccccc12. The number of thioether (sulfide) groups is 1. The topological polar surface area (TPSA) is 57.8 Å². The molecule has 0 radical (unpaired) electrons. The molecule has 1 amide bonds. The first-order valence-corrected chi connectivity index (χ1v) is 8.61. The van der Waals surface area contributed by atoms with E-state index in [2.05, 4.69) is 43.6 Å². The number of nitrogens with zero attached hydrogens (tertiary/aromatic N) is 1. The van der Waals surface area contributed by atoms with Crippen LogP contribution in [0.15, 0.2) is 57.9 Å². The van der Waals surface area contributed by atoms with E-state index in [0.29, 0.717) is 12.2 Å². The largest absolute Gasteiger partial charge is 0.350 e. The lowest BCUT2D eigenvalue weighted by Crippen LogP contribution is -2.26. The number of amides is 1. The number of halogens is 1. The lowest BCUT2D eigenvalue weighted by molar-refractivity contribution is 0.0953. The van der Waals surface area contributed by atoms with Crippen molar-refractivity contribution in [2.24, 2.45) is 0 Å². The van der Waals surface area contributed by atoms with Crippen LogP contribution in [-0.4, -0.2) is 28.4 Å². The van der Waals surface area contributed by atoms with Crippen molar-refractivity contribution in [3.63, 3.8) is 0 Å². The summed E-state index contributed by atoms with van der Waals surface area (Å²) < 4.78 is 1.07. The Morgan fingerprint density at radius 3 is 2.77 bits per heavy atom. The lowest BCUT2D eigenvalue weighted by Gasteiger charge is -2.04. The molecule has 0 aliphatic rings. The molecule has 0 fully saturated rings. The maximum atomic E-state index is 12.2. The summed E-state index contributed by atoms with van der Waals surface area (Å²) in [6, 6.07) is 15.7. The summed E-state index contributed by atoms with van der Waals surface area (Å²) in [6.45, 7) is 0.598. The Kier molecular flexibility index (Phi) is 4.80.